The summed E-state index contributed by atoms with van der Waals surface area (Å²) in [6, 6.07) is 0. The summed E-state index contributed by atoms with van der Waals surface area (Å²) >= 11 is 0. The fourth-order valence-corrected chi connectivity index (χ4v) is 4.19. The zero-order chi connectivity index (χ0) is 10.9. The number of rotatable bonds is 2. The second-order valence-corrected chi connectivity index (χ2v) is 6.73. The minimum atomic E-state index is -3.01. The van der Waals surface area contributed by atoms with E-state index in [0.717, 1.165) is 32.1 Å². The predicted octanol–water partition coefficient (Wildman–Crippen LogP) is 0.573. The van der Waals surface area contributed by atoms with Gasteiger partial charge in [-0.25, -0.2) is 12.7 Å². The first-order valence-corrected chi connectivity index (χ1v) is 7.36. The third kappa shape index (κ3) is 2.52. The molecule has 1 aliphatic heterocycles. The van der Waals surface area contributed by atoms with Crippen molar-refractivity contribution in [1.82, 2.24) is 4.31 Å². The minimum absolute atomic E-state index is 0.165. The van der Waals surface area contributed by atoms with E-state index in [1.807, 2.05) is 0 Å². The Labute approximate surface area is 91.3 Å². The summed E-state index contributed by atoms with van der Waals surface area (Å²) in [6.07, 6.45) is 4.28. The molecule has 1 saturated carbocycles. The molecule has 2 rings (SSSR count). The van der Waals surface area contributed by atoms with E-state index in [-0.39, 0.29) is 17.8 Å². The molecule has 0 radical (unpaired) electrons. The third-order valence-electron chi connectivity index (χ3n) is 3.51. The lowest BCUT2D eigenvalue weighted by molar-refractivity contribution is 0.119. The summed E-state index contributed by atoms with van der Waals surface area (Å²) < 4.78 is 25.0. The maximum Gasteiger partial charge on any atom is 0.214 e. The molecule has 15 heavy (non-hydrogen) atoms. The molecule has 0 aromatic heterocycles. The number of nitrogens with zero attached hydrogens (tertiary/aromatic N) is 1. The molecule has 2 atom stereocenters. The maximum atomic E-state index is 11.7. The van der Waals surface area contributed by atoms with Crippen LogP contribution in [0.2, 0.25) is 0 Å². The van der Waals surface area contributed by atoms with Crippen LogP contribution in [0.15, 0.2) is 0 Å². The van der Waals surface area contributed by atoms with E-state index in [0.29, 0.717) is 13.1 Å². The van der Waals surface area contributed by atoms with Gasteiger partial charge in [-0.1, -0.05) is 6.42 Å². The highest BCUT2D eigenvalue weighted by Crippen LogP contribution is 2.28. The van der Waals surface area contributed by atoms with Crippen LogP contribution in [-0.4, -0.2) is 42.8 Å². The van der Waals surface area contributed by atoms with E-state index in [9.17, 15) is 13.5 Å². The van der Waals surface area contributed by atoms with Gasteiger partial charge in [0.2, 0.25) is 10.0 Å². The zero-order valence-electron chi connectivity index (χ0n) is 8.93. The van der Waals surface area contributed by atoms with Crippen molar-refractivity contribution in [2.45, 2.75) is 38.2 Å². The SMILES string of the molecule is O=S1(=O)CCCCN1CC1CCCC1O. The van der Waals surface area contributed by atoms with E-state index < -0.39 is 10.0 Å². The molecule has 4 nitrogen and oxygen atoms in total. The van der Waals surface area contributed by atoms with E-state index >= 15 is 0 Å². The van der Waals surface area contributed by atoms with E-state index in [2.05, 4.69) is 0 Å². The first kappa shape index (κ1) is 11.4. The maximum absolute atomic E-state index is 11.7. The molecule has 88 valence electrons. The van der Waals surface area contributed by atoms with Crippen molar-refractivity contribution in [3.05, 3.63) is 0 Å². The summed E-state index contributed by atoms with van der Waals surface area (Å²) in [7, 11) is -3.01. The van der Waals surface area contributed by atoms with Crippen LogP contribution in [0.1, 0.15) is 32.1 Å². The van der Waals surface area contributed by atoms with Crippen molar-refractivity contribution in [3.63, 3.8) is 0 Å². The first-order valence-electron chi connectivity index (χ1n) is 5.75. The molecule has 1 N–H and O–H groups in total. The van der Waals surface area contributed by atoms with Crippen LogP contribution >= 0.6 is 0 Å². The highest BCUT2D eigenvalue weighted by Gasteiger charge is 2.32. The number of hydrogen-bond donors (Lipinski definition) is 1. The van der Waals surface area contributed by atoms with E-state index in [4.69, 9.17) is 0 Å². The molecule has 0 amide bonds. The smallest absolute Gasteiger partial charge is 0.214 e. The van der Waals surface area contributed by atoms with E-state index in [1.165, 1.54) is 0 Å². The fraction of sp³-hybridized carbons (Fsp3) is 1.00. The Kier molecular flexibility index (Phi) is 3.33. The Morgan fingerprint density at radius 2 is 2.00 bits per heavy atom. The average molecular weight is 233 g/mol. The molecule has 1 aliphatic carbocycles. The lowest BCUT2D eigenvalue weighted by Crippen LogP contribution is -2.42. The van der Waals surface area contributed by atoms with Crippen molar-refractivity contribution in [2.24, 2.45) is 5.92 Å². The largest absolute Gasteiger partial charge is 0.393 e. The van der Waals surface area contributed by atoms with Gasteiger partial charge < -0.3 is 5.11 Å². The van der Waals surface area contributed by atoms with E-state index in [1.54, 1.807) is 4.31 Å². The van der Waals surface area contributed by atoms with Crippen LogP contribution in [-0.2, 0) is 10.0 Å². The van der Waals surface area contributed by atoms with Gasteiger partial charge in [0.15, 0.2) is 0 Å². The van der Waals surface area contributed by atoms with Crippen LogP contribution < -0.4 is 0 Å². The highest BCUT2D eigenvalue weighted by atomic mass is 32.2. The molecular weight excluding hydrogens is 214 g/mol. The van der Waals surface area contributed by atoms with Gasteiger partial charge in [0, 0.05) is 13.1 Å². The number of hydrogen-bond acceptors (Lipinski definition) is 3. The van der Waals surface area contributed by atoms with Crippen molar-refractivity contribution in [2.75, 3.05) is 18.8 Å². The first-order chi connectivity index (χ1) is 7.09. The number of sulfonamides is 1. The Morgan fingerprint density at radius 1 is 1.20 bits per heavy atom. The number of aliphatic hydroxyl groups excluding tert-OH is 1. The van der Waals surface area contributed by atoms with Gasteiger partial charge in [0.25, 0.3) is 0 Å². The second kappa shape index (κ2) is 4.39. The standard InChI is InChI=1S/C10H19NO3S/c12-10-5-3-4-9(10)8-11-6-1-2-7-15(11,13)14/h9-10,12H,1-8H2. The molecule has 2 aliphatic rings. The van der Waals surface area contributed by atoms with Crippen molar-refractivity contribution in [3.8, 4) is 0 Å². The third-order valence-corrected chi connectivity index (χ3v) is 5.43. The van der Waals surface area contributed by atoms with Crippen LogP contribution in [0.4, 0.5) is 0 Å². The second-order valence-electron chi connectivity index (χ2n) is 4.64. The van der Waals surface area contributed by atoms with Crippen molar-refractivity contribution >= 4 is 10.0 Å². The molecule has 2 unspecified atom stereocenters. The predicted molar refractivity (Wildman–Crippen MR) is 57.9 cm³/mol. The molecule has 0 aromatic carbocycles. The van der Waals surface area contributed by atoms with Gasteiger partial charge in [-0.15, -0.1) is 0 Å². The molecule has 0 bridgehead atoms. The van der Waals surface area contributed by atoms with Crippen LogP contribution in [0, 0.1) is 5.92 Å². The average Bonchev–Trinajstić information content (AvgIpc) is 2.56. The molecule has 0 spiro atoms. The van der Waals surface area contributed by atoms with Gasteiger partial charge in [-0.05, 0) is 31.6 Å². The van der Waals surface area contributed by atoms with Gasteiger partial charge in [0.1, 0.15) is 0 Å². The summed E-state index contributed by atoms with van der Waals surface area (Å²) in [6.45, 7) is 1.18. The molecule has 0 aromatic rings. The summed E-state index contributed by atoms with van der Waals surface area (Å²) in [5, 5.41) is 9.67. The molecular formula is C10H19NO3S. The quantitative estimate of drug-likeness (QED) is 0.758. The Hall–Kier alpha value is -0.130. The Morgan fingerprint density at radius 3 is 2.60 bits per heavy atom. The van der Waals surface area contributed by atoms with Gasteiger partial charge in [0.05, 0.1) is 11.9 Å². The van der Waals surface area contributed by atoms with Crippen LogP contribution in [0.5, 0.6) is 0 Å². The van der Waals surface area contributed by atoms with Crippen LogP contribution in [0.25, 0.3) is 0 Å². The van der Waals surface area contributed by atoms with Gasteiger partial charge in [-0.3, -0.25) is 0 Å². The molecule has 1 saturated heterocycles. The topological polar surface area (TPSA) is 57.6 Å². The van der Waals surface area contributed by atoms with Gasteiger partial charge in [-0.2, -0.15) is 0 Å². The Bertz CT molecular complexity index is 315. The van der Waals surface area contributed by atoms with Crippen LogP contribution in [0.3, 0.4) is 0 Å². The summed E-state index contributed by atoms with van der Waals surface area (Å²) in [4.78, 5) is 0. The summed E-state index contributed by atoms with van der Waals surface area (Å²) in [5.41, 5.74) is 0. The monoisotopic (exact) mass is 233 g/mol. The lowest BCUT2D eigenvalue weighted by atomic mass is 10.1. The fourth-order valence-electron chi connectivity index (χ4n) is 2.54. The molecule has 1 heterocycles. The molecule has 2 fully saturated rings. The minimum Gasteiger partial charge on any atom is -0.393 e. The van der Waals surface area contributed by atoms with Gasteiger partial charge >= 0.3 is 0 Å². The van der Waals surface area contributed by atoms with Crippen molar-refractivity contribution < 1.29 is 13.5 Å². The Balaban J connectivity index is 1.98. The number of aliphatic hydroxyl groups is 1. The summed E-state index contributed by atoms with van der Waals surface area (Å²) in [5.74, 6) is 0.452. The zero-order valence-corrected chi connectivity index (χ0v) is 9.75. The van der Waals surface area contributed by atoms with Crippen molar-refractivity contribution in [1.29, 1.82) is 0 Å². The lowest BCUT2D eigenvalue weighted by Gasteiger charge is -2.29. The molecule has 5 heteroatoms. The normalized spacial score (nSPS) is 36.9. The highest BCUT2D eigenvalue weighted by molar-refractivity contribution is 7.89.